The van der Waals surface area contributed by atoms with Crippen molar-refractivity contribution in [2.24, 2.45) is 0 Å². The van der Waals surface area contributed by atoms with Gasteiger partial charge in [-0.15, -0.1) is 0 Å². The van der Waals surface area contributed by atoms with Crippen LogP contribution in [0.3, 0.4) is 0 Å². The molecule has 1 aromatic rings. The van der Waals surface area contributed by atoms with Crippen molar-refractivity contribution in [2.75, 3.05) is 0 Å². The first-order valence-corrected chi connectivity index (χ1v) is 6.93. The molecule has 5 nitrogen and oxygen atoms in total. The smallest absolute Gasteiger partial charge is 0.337 e. The topological polar surface area (TPSA) is 75.6 Å². The molecule has 0 spiro atoms. The van der Waals surface area contributed by atoms with E-state index in [1.807, 2.05) is 0 Å². The van der Waals surface area contributed by atoms with Crippen molar-refractivity contribution in [1.29, 1.82) is 0 Å². The monoisotopic (exact) mass is 307 g/mol. The molecule has 2 aliphatic heterocycles. The number of esters is 1. The van der Waals surface area contributed by atoms with Crippen molar-refractivity contribution in [3.63, 3.8) is 0 Å². The van der Waals surface area contributed by atoms with Crippen LogP contribution in [0.1, 0.15) is 31.7 Å². The highest BCUT2D eigenvalue weighted by Gasteiger charge is 2.47. The molecule has 1 atom stereocenters. The van der Waals surface area contributed by atoms with Gasteiger partial charge in [0.05, 0.1) is 16.3 Å². The number of aromatic hydroxyl groups is 1. The zero-order chi connectivity index (χ0) is 15.4. The Balaban J connectivity index is 2.13. The number of rotatable bonds is 1. The van der Waals surface area contributed by atoms with Gasteiger partial charge in [-0.1, -0.05) is 17.7 Å². The summed E-state index contributed by atoms with van der Waals surface area (Å²) >= 11 is 5.92. The molecule has 1 amide bonds. The van der Waals surface area contributed by atoms with E-state index in [2.05, 4.69) is 5.32 Å². The number of hydrogen-bond donors (Lipinski definition) is 2. The van der Waals surface area contributed by atoms with Crippen LogP contribution in [0.25, 0.3) is 0 Å². The maximum Gasteiger partial charge on any atom is 0.337 e. The van der Waals surface area contributed by atoms with E-state index in [0.717, 1.165) is 0 Å². The number of amides is 1. The Bertz CT molecular complexity index is 693. The van der Waals surface area contributed by atoms with Crippen molar-refractivity contribution in [3.8, 4) is 5.75 Å². The number of phenolic OH excluding ortho intramolecular Hbond substituents is 1. The summed E-state index contributed by atoms with van der Waals surface area (Å²) in [7, 11) is 0. The van der Waals surface area contributed by atoms with Gasteiger partial charge in [0.2, 0.25) is 5.91 Å². The molecular weight excluding hydrogens is 294 g/mol. The number of hydrogen-bond acceptors (Lipinski definition) is 4. The number of nitrogens with one attached hydrogen (secondary N) is 1. The first kappa shape index (κ1) is 13.9. The Morgan fingerprint density at radius 1 is 1.38 bits per heavy atom. The van der Waals surface area contributed by atoms with E-state index in [1.54, 1.807) is 26.0 Å². The Morgan fingerprint density at radius 3 is 2.76 bits per heavy atom. The molecule has 0 saturated heterocycles. The zero-order valence-electron chi connectivity index (χ0n) is 11.6. The molecule has 6 heteroatoms. The summed E-state index contributed by atoms with van der Waals surface area (Å²) in [6, 6.07) is 4.69. The summed E-state index contributed by atoms with van der Waals surface area (Å²) in [5.41, 5.74) is 0.829. The van der Waals surface area contributed by atoms with Crippen molar-refractivity contribution in [3.05, 3.63) is 40.1 Å². The molecule has 2 aliphatic rings. The molecule has 1 aromatic carbocycles. The predicted molar refractivity (Wildman–Crippen MR) is 75.8 cm³/mol. The molecule has 0 saturated carbocycles. The number of carbonyl (C=O) groups excluding carboxylic acids is 2. The third kappa shape index (κ3) is 2.17. The minimum absolute atomic E-state index is 0.0378. The van der Waals surface area contributed by atoms with Crippen LogP contribution < -0.4 is 5.32 Å². The number of ether oxygens (including phenoxy) is 1. The second-order valence-corrected chi connectivity index (χ2v) is 6.11. The fourth-order valence-electron chi connectivity index (χ4n) is 2.80. The predicted octanol–water partition coefficient (Wildman–Crippen LogP) is 2.24. The number of cyclic esters (lactones) is 1. The third-order valence-electron chi connectivity index (χ3n) is 3.82. The van der Waals surface area contributed by atoms with Gasteiger partial charge in [-0.2, -0.15) is 0 Å². The van der Waals surface area contributed by atoms with Crippen LogP contribution in [0.5, 0.6) is 5.75 Å². The lowest BCUT2D eigenvalue weighted by molar-refractivity contribution is -0.144. The van der Waals surface area contributed by atoms with Gasteiger partial charge in [-0.25, -0.2) is 4.79 Å². The summed E-state index contributed by atoms with van der Waals surface area (Å²) in [6.45, 7) is 3.47. The Labute approximate surface area is 126 Å². The van der Waals surface area contributed by atoms with Gasteiger partial charge in [0.25, 0.3) is 0 Å². The minimum Gasteiger partial charge on any atom is -0.506 e. The van der Waals surface area contributed by atoms with Crippen molar-refractivity contribution < 1.29 is 19.4 Å². The van der Waals surface area contributed by atoms with Crippen LogP contribution in [-0.2, 0) is 14.3 Å². The quantitative estimate of drug-likeness (QED) is 0.780. The molecule has 110 valence electrons. The van der Waals surface area contributed by atoms with Gasteiger partial charge in [-0.3, -0.25) is 4.79 Å². The first-order valence-electron chi connectivity index (χ1n) is 6.56. The number of benzene rings is 1. The largest absolute Gasteiger partial charge is 0.506 e. The molecular formula is C15H14ClNO4. The molecule has 0 aliphatic carbocycles. The summed E-state index contributed by atoms with van der Waals surface area (Å²) in [6.07, 6.45) is 0.144. The van der Waals surface area contributed by atoms with E-state index in [-0.39, 0.29) is 23.1 Å². The SMILES string of the molecule is CC1(C)OC(=O)C2=C1NC(=O)CC2c1ccc(O)c(Cl)c1. The molecule has 2 N–H and O–H groups in total. The van der Waals surface area contributed by atoms with Gasteiger partial charge in [-0.05, 0) is 31.5 Å². The van der Waals surface area contributed by atoms with E-state index in [9.17, 15) is 14.7 Å². The molecule has 1 unspecified atom stereocenters. The van der Waals surface area contributed by atoms with Crippen molar-refractivity contribution >= 4 is 23.5 Å². The highest BCUT2D eigenvalue weighted by atomic mass is 35.5. The van der Waals surface area contributed by atoms with Crippen LogP contribution in [-0.4, -0.2) is 22.6 Å². The standard InChI is InChI=1S/C15H14ClNO4/c1-15(2)13-12(14(20)21-15)8(6-11(19)17-13)7-3-4-10(18)9(16)5-7/h3-5,8,18H,6H2,1-2H3,(H,17,19). The normalized spacial score (nSPS) is 23.7. The van der Waals surface area contributed by atoms with Crippen molar-refractivity contribution in [1.82, 2.24) is 5.32 Å². The summed E-state index contributed by atoms with van der Waals surface area (Å²) in [5, 5.41) is 12.4. The molecule has 0 bridgehead atoms. The van der Waals surface area contributed by atoms with E-state index < -0.39 is 17.5 Å². The summed E-state index contributed by atoms with van der Waals surface area (Å²) in [4.78, 5) is 24.1. The van der Waals surface area contributed by atoms with E-state index in [1.165, 1.54) is 6.07 Å². The third-order valence-corrected chi connectivity index (χ3v) is 4.12. The molecule has 3 rings (SSSR count). The zero-order valence-corrected chi connectivity index (χ0v) is 12.3. The first-order chi connectivity index (χ1) is 9.79. The second kappa shape index (κ2) is 4.49. The summed E-state index contributed by atoms with van der Waals surface area (Å²) < 4.78 is 5.34. The van der Waals surface area contributed by atoms with Crippen LogP contribution in [0, 0.1) is 0 Å². The van der Waals surface area contributed by atoms with E-state index in [4.69, 9.17) is 16.3 Å². The van der Waals surface area contributed by atoms with Crippen LogP contribution >= 0.6 is 11.6 Å². The van der Waals surface area contributed by atoms with E-state index in [0.29, 0.717) is 16.8 Å². The fourth-order valence-corrected chi connectivity index (χ4v) is 2.99. The van der Waals surface area contributed by atoms with Gasteiger partial charge in [0.15, 0.2) is 0 Å². The summed E-state index contributed by atoms with van der Waals surface area (Å²) in [5.74, 6) is -1.05. The highest BCUT2D eigenvalue weighted by molar-refractivity contribution is 6.32. The molecule has 21 heavy (non-hydrogen) atoms. The Morgan fingerprint density at radius 2 is 2.10 bits per heavy atom. The van der Waals surface area contributed by atoms with Crippen LogP contribution in [0.4, 0.5) is 0 Å². The number of phenols is 1. The second-order valence-electron chi connectivity index (χ2n) is 5.70. The van der Waals surface area contributed by atoms with Gasteiger partial charge < -0.3 is 15.2 Å². The van der Waals surface area contributed by atoms with Gasteiger partial charge >= 0.3 is 5.97 Å². The number of halogens is 1. The Kier molecular flexibility index (Phi) is 2.99. The maximum atomic E-state index is 12.2. The van der Waals surface area contributed by atoms with Gasteiger partial charge in [0, 0.05) is 12.3 Å². The number of carbonyl (C=O) groups is 2. The lowest BCUT2D eigenvalue weighted by Gasteiger charge is -2.27. The molecule has 2 heterocycles. The lowest BCUT2D eigenvalue weighted by atomic mass is 9.83. The molecule has 0 aromatic heterocycles. The van der Waals surface area contributed by atoms with E-state index >= 15 is 0 Å². The van der Waals surface area contributed by atoms with Crippen LogP contribution in [0.2, 0.25) is 5.02 Å². The van der Waals surface area contributed by atoms with Gasteiger partial charge in [0.1, 0.15) is 11.4 Å². The van der Waals surface area contributed by atoms with Crippen LogP contribution in [0.15, 0.2) is 29.5 Å². The fraction of sp³-hybridized carbons (Fsp3) is 0.333. The molecule has 0 radical (unpaired) electrons. The average molecular weight is 308 g/mol. The van der Waals surface area contributed by atoms with Crippen molar-refractivity contribution in [2.45, 2.75) is 31.8 Å². The highest BCUT2D eigenvalue weighted by Crippen LogP contribution is 2.43. The minimum atomic E-state index is -0.846. The maximum absolute atomic E-state index is 12.2. The lowest BCUT2D eigenvalue weighted by Crippen LogP contribution is -2.38. The Hall–Kier alpha value is -2.01. The molecule has 0 fully saturated rings. The average Bonchev–Trinajstić information content (AvgIpc) is 2.62.